The maximum atomic E-state index is 10.6. The molecule has 1 rings (SSSR count). The molecule has 1 heterocycles. The minimum Gasteiger partial charge on any atom is -0.476 e. The van der Waals surface area contributed by atoms with E-state index in [2.05, 4.69) is 5.16 Å². The van der Waals surface area contributed by atoms with Gasteiger partial charge in [0.2, 0.25) is 0 Å². The molecule has 0 atom stereocenters. The molecule has 0 fully saturated rings. The fourth-order valence-electron chi connectivity index (χ4n) is 0.896. The zero-order valence-electron chi connectivity index (χ0n) is 6.87. The number of carbonyl (C=O) groups is 1. The van der Waals surface area contributed by atoms with Crippen molar-refractivity contribution < 1.29 is 14.4 Å². The number of carboxylic acids is 1. The van der Waals surface area contributed by atoms with Crippen molar-refractivity contribution in [2.24, 2.45) is 0 Å². The summed E-state index contributed by atoms with van der Waals surface area (Å²) in [6.07, 6.45) is 3.40. The van der Waals surface area contributed by atoms with Crippen molar-refractivity contribution in [1.82, 2.24) is 5.16 Å². The van der Waals surface area contributed by atoms with Crippen molar-refractivity contribution >= 4 is 12.0 Å². The number of aromatic nitrogens is 1. The van der Waals surface area contributed by atoms with Crippen LogP contribution >= 0.6 is 0 Å². The number of allylic oxidation sites excluding steroid dienone is 1. The van der Waals surface area contributed by atoms with Crippen LogP contribution in [0.1, 0.15) is 28.7 Å². The van der Waals surface area contributed by atoms with Crippen LogP contribution in [0.5, 0.6) is 0 Å². The molecule has 0 aliphatic heterocycles. The molecular weight excluding hydrogens is 158 g/mol. The molecule has 4 nitrogen and oxygen atoms in total. The van der Waals surface area contributed by atoms with Gasteiger partial charge in [-0.25, -0.2) is 4.79 Å². The van der Waals surface area contributed by atoms with Crippen LogP contribution in [0.25, 0.3) is 6.08 Å². The zero-order valence-corrected chi connectivity index (χ0v) is 6.87. The van der Waals surface area contributed by atoms with Gasteiger partial charge in [0.15, 0.2) is 5.69 Å². The molecule has 0 amide bonds. The van der Waals surface area contributed by atoms with Crippen LogP contribution in [0.4, 0.5) is 0 Å². The second kappa shape index (κ2) is 3.21. The molecule has 0 spiro atoms. The van der Waals surface area contributed by atoms with E-state index < -0.39 is 5.97 Å². The number of aryl methyl sites for hydroxylation is 1. The SMILES string of the molecule is C/C=C/c1c(C(=O)O)noc1C. The van der Waals surface area contributed by atoms with E-state index in [4.69, 9.17) is 9.63 Å². The first-order valence-electron chi connectivity index (χ1n) is 3.49. The first-order valence-corrected chi connectivity index (χ1v) is 3.49. The van der Waals surface area contributed by atoms with Crippen LogP contribution in [-0.2, 0) is 0 Å². The summed E-state index contributed by atoms with van der Waals surface area (Å²) in [4.78, 5) is 10.6. The van der Waals surface area contributed by atoms with Crippen molar-refractivity contribution in [3.63, 3.8) is 0 Å². The molecular formula is C8H9NO3. The fourth-order valence-corrected chi connectivity index (χ4v) is 0.896. The highest BCUT2D eigenvalue weighted by Crippen LogP contribution is 2.14. The number of rotatable bonds is 2. The Balaban J connectivity index is 3.21. The van der Waals surface area contributed by atoms with Crippen LogP contribution in [0.3, 0.4) is 0 Å². The lowest BCUT2D eigenvalue weighted by Crippen LogP contribution is -1.98. The van der Waals surface area contributed by atoms with Gasteiger partial charge in [-0.2, -0.15) is 0 Å². The monoisotopic (exact) mass is 167 g/mol. The second-order valence-corrected chi connectivity index (χ2v) is 2.31. The number of hydrogen-bond donors (Lipinski definition) is 1. The van der Waals surface area contributed by atoms with Crippen molar-refractivity contribution in [3.05, 3.63) is 23.1 Å². The molecule has 0 aliphatic carbocycles. The van der Waals surface area contributed by atoms with Gasteiger partial charge in [-0.05, 0) is 13.8 Å². The highest BCUT2D eigenvalue weighted by Gasteiger charge is 2.15. The summed E-state index contributed by atoms with van der Waals surface area (Å²) in [5, 5.41) is 12.1. The molecule has 1 aromatic heterocycles. The van der Waals surface area contributed by atoms with Crippen molar-refractivity contribution in [2.75, 3.05) is 0 Å². The van der Waals surface area contributed by atoms with E-state index >= 15 is 0 Å². The van der Waals surface area contributed by atoms with Crippen LogP contribution in [-0.4, -0.2) is 16.2 Å². The Morgan fingerprint density at radius 2 is 2.33 bits per heavy atom. The summed E-state index contributed by atoms with van der Waals surface area (Å²) in [5.41, 5.74) is 0.496. The van der Waals surface area contributed by atoms with Gasteiger partial charge in [-0.1, -0.05) is 17.3 Å². The van der Waals surface area contributed by atoms with Gasteiger partial charge in [-0.3, -0.25) is 0 Å². The Morgan fingerprint density at radius 3 is 2.83 bits per heavy atom. The summed E-state index contributed by atoms with van der Waals surface area (Å²) >= 11 is 0. The summed E-state index contributed by atoms with van der Waals surface area (Å²) < 4.78 is 4.73. The molecule has 0 radical (unpaired) electrons. The molecule has 0 saturated heterocycles. The minimum absolute atomic E-state index is 0.0365. The van der Waals surface area contributed by atoms with Crippen molar-refractivity contribution in [2.45, 2.75) is 13.8 Å². The molecule has 1 N–H and O–H groups in total. The van der Waals surface area contributed by atoms with Crippen LogP contribution in [0.2, 0.25) is 0 Å². The standard InChI is InChI=1S/C8H9NO3/c1-3-4-6-5(2)12-9-7(6)8(10)11/h3-4H,1-2H3,(H,10,11)/b4-3+. The summed E-state index contributed by atoms with van der Waals surface area (Å²) in [5.74, 6) is -0.551. The lowest BCUT2D eigenvalue weighted by Gasteiger charge is -1.88. The predicted octanol–water partition coefficient (Wildman–Crippen LogP) is 1.71. The third kappa shape index (κ3) is 1.37. The Kier molecular flexibility index (Phi) is 2.28. The highest BCUT2D eigenvalue weighted by atomic mass is 16.5. The third-order valence-electron chi connectivity index (χ3n) is 1.44. The first kappa shape index (κ1) is 8.52. The largest absolute Gasteiger partial charge is 0.476 e. The number of carboxylic acid groups (broad SMARTS) is 1. The first-order chi connectivity index (χ1) is 5.66. The maximum absolute atomic E-state index is 10.6. The predicted molar refractivity (Wildman–Crippen MR) is 42.9 cm³/mol. The molecule has 0 aliphatic rings. The van der Waals surface area contributed by atoms with E-state index in [1.807, 2.05) is 0 Å². The fraction of sp³-hybridized carbons (Fsp3) is 0.250. The molecule has 12 heavy (non-hydrogen) atoms. The Labute approximate surface area is 69.5 Å². The Bertz CT molecular complexity index is 325. The number of nitrogens with zero attached hydrogens (tertiary/aromatic N) is 1. The molecule has 1 aromatic rings. The smallest absolute Gasteiger partial charge is 0.358 e. The third-order valence-corrected chi connectivity index (χ3v) is 1.44. The molecule has 0 bridgehead atoms. The molecule has 64 valence electrons. The molecule has 0 aromatic carbocycles. The molecule has 0 saturated carbocycles. The van der Waals surface area contributed by atoms with Gasteiger partial charge in [0.05, 0.1) is 5.56 Å². The minimum atomic E-state index is -1.07. The second-order valence-electron chi connectivity index (χ2n) is 2.31. The van der Waals surface area contributed by atoms with Crippen LogP contribution < -0.4 is 0 Å². The van der Waals surface area contributed by atoms with Gasteiger partial charge in [0.1, 0.15) is 5.76 Å². The maximum Gasteiger partial charge on any atom is 0.358 e. The van der Waals surface area contributed by atoms with Crippen molar-refractivity contribution in [3.8, 4) is 0 Å². The van der Waals surface area contributed by atoms with E-state index in [-0.39, 0.29) is 5.69 Å². The van der Waals surface area contributed by atoms with Gasteiger partial charge < -0.3 is 9.63 Å². The highest BCUT2D eigenvalue weighted by molar-refractivity contribution is 5.90. The Hall–Kier alpha value is -1.58. The van der Waals surface area contributed by atoms with Crippen LogP contribution in [0.15, 0.2) is 10.6 Å². The normalized spacial score (nSPS) is 10.8. The average molecular weight is 167 g/mol. The molecule has 0 unspecified atom stereocenters. The lowest BCUT2D eigenvalue weighted by molar-refractivity contribution is 0.0685. The van der Waals surface area contributed by atoms with Gasteiger partial charge in [0.25, 0.3) is 0 Å². The number of hydrogen-bond acceptors (Lipinski definition) is 3. The van der Waals surface area contributed by atoms with E-state index in [0.717, 1.165) is 0 Å². The van der Waals surface area contributed by atoms with Crippen LogP contribution in [0, 0.1) is 6.92 Å². The zero-order chi connectivity index (χ0) is 9.14. The Morgan fingerprint density at radius 1 is 1.67 bits per heavy atom. The topological polar surface area (TPSA) is 63.3 Å². The quantitative estimate of drug-likeness (QED) is 0.728. The average Bonchev–Trinajstić information content (AvgIpc) is 2.34. The summed E-state index contributed by atoms with van der Waals surface area (Å²) in [6, 6.07) is 0. The van der Waals surface area contributed by atoms with Gasteiger partial charge in [0, 0.05) is 0 Å². The summed E-state index contributed by atoms with van der Waals surface area (Å²) in [6.45, 7) is 3.48. The van der Waals surface area contributed by atoms with E-state index in [0.29, 0.717) is 11.3 Å². The lowest BCUT2D eigenvalue weighted by atomic mass is 10.2. The van der Waals surface area contributed by atoms with E-state index in [1.54, 1.807) is 26.0 Å². The van der Waals surface area contributed by atoms with Crippen molar-refractivity contribution in [1.29, 1.82) is 0 Å². The summed E-state index contributed by atoms with van der Waals surface area (Å²) in [7, 11) is 0. The van der Waals surface area contributed by atoms with Gasteiger partial charge >= 0.3 is 5.97 Å². The number of aromatic carboxylic acids is 1. The molecule has 4 heteroatoms. The van der Waals surface area contributed by atoms with E-state index in [9.17, 15) is 4.79 Å². The van der Waals surface area contributed by atoms with E-state index in [1.165, 1.54) is 0 Å². The van der Waals surface area contributed by atoms with Gasteiger partial charge in [-0.15, -0.1) is 0 Å².